The molecule has 0 saturated heterocycles. The molecule has 5 heterocycles. The van der Waals surface area contributed by atoms with Gasteiger partial charge in [-0.1, -0.05) is 12.1 Å². The van der Waals surface area contributed by atoms with Gasteiger partial charge in [0.2, 0.25) is 0 Å². The molecule has 2 N–H and O–H groups in total. The molecule has 0 unspecified atom stereocenters. The number of aromatic nitrogens is 4. The molecule has 0 fully saturated rings. The fourth-order valence-electron chi connectivity index (χ4n) is 5.07. The predicted molar refractivity (Wildman–Crippen MR) is 150 cm³/mol. The molecule has 0 atom stereocenters. The van der Waals surface area contributed by atoms with Crippen LogP contribution in [-0.4, -0.2) is 19.9 Å². The van der Waals surface area contributed by atoms with Crippen LogP contribution in [0.2, 0.25) is 0 Å². The van der Waals surface area contributed by atoms with Crippen LogP contribution in [0.3, 0.4) is 0 Å². The largest absolute Gasteiger partial charge is 0.355 e. The molecule has 8 bridgehead atoms. The summed E-state index contributed by atoms with van der Waals surface area (Å²) >= 11 is 0. The summed E-state index contributed by atoms with van der Waals surface area (Å²) in [7, 11) is 0. The molecule has 5 aromatic rings. The standard InChI is InChI=1S/C32H18F4N4/c33-21-3-1-4-22(34)29(21)31-25-11-7-17(37-25)15-19-9-13-27(39-19)32(30-23(35)5-2-6-24(30)36)28-14-10-20(40-28)16-18-8-12-26(31)38-18/h1-16,37,40H. The quantitative estimate of drug-likeness (QED) is 0.218. The summed E-state index contributed by atoms with van der Waals surface area (Å²) in [5.41, 5.74) is 4.10. The molecule has 7 rings (SSSR count). The zero-order chi connectivity index (χ0) is 27.4. The van der Waals surface area contributed by atoms with Crippen LogP contribution in [0, 0.1) is 23.3 Å². The lowest BCUT2D eigenvalue weighted by Crippen LogP contribution is -1.93. The highest BCUT2D eigenvalue weighted by atomic mass is 19.1. The third-order valence-electron chi connectivity index (χ3n) is 6.82. The van der Waals surface area contributed by atoms with Gasteiger partial charge < -0.3 is 9.97 Å². The number of benzene rings is 2. The van der Waals surface area contributed by atoms with Crippen LogP contribution in [0.15, 0.2) is 72.8 Å². The number of nitrogens with zero attached hydrogens (tertiary/aromatic N) is 2. The zero-order valence-corrected chi connectivity index (χ0v) is 20.6. The first-order valence-electron chi connectivity index (χ1n) is 12.4. The van der Waals surface area contributed by atoms with Gasteiger partial charge in [0, 0.05) is 33.2 Å². The summed E-state index contributed by atoms with van der Waals surface area (Å²) < 4.78 is 60.0. The lowest BCUT2D eigenvalue weighted by atomic mass is 10.0. The highest BCUT2D eigenvalue weighted by Crippen LogP contribution is 2.35. The first-order chi connectivity index (χ1) is 19.4. The van der Waals surface area contributed by atoms with Crippen LogP contribution in [-0.2, 0) is 0 Å². The Kier molecular flexibility index (Phi) is 5.48. The Morgan fingerprint density at radius 1 is 0.450 bits per heavy atom. The van der Waals surface area contributed by atoms with E-state index >= 15 is 0 Å². The third kappa shape index (κ3) is 4.01. The van der Waals surface area contributed by atoms with Gasteiger partial charge in [0.05, 0.1) is 33.9 Å². The van der Waals surface area contributed by atoms with Gasteiger partial charge in [0.15, 0.2) is 0 Å². The summed E-state index contributed by atoms with van der Waals surface area (Å²) in [6.07, 6.45) is 6.84. The summed E-state index contributed by atoms with van der Waals surface area (Å²) in [5.74, 6) is -2.84. The molecule has 0 amide bonds. The second-order valence-corrected chi connectivity index (χ2v) is 9.40. The Labute approximate surface area is 225 Å². The molecule has 4 nitrogen and oxygen atoms in total. The number of aromatic amines is 2. The van der Waals surface area contributed by atoms with Crippen molar-refractivity contribution in [2.75, 3.05) is 0 Å². The van der Waals surface area contributed by atoms with Crippen molar-refractivity contribution < 1.29 is 17.6 Å². The number of rotatable bonds is 2. The van der Waals surface area contributed by atoms with Crippen LogP contribution < -0.4 is 0 Å². The molecule has 0 radical (unpaired) electrons. The van der Waals surface area contributed by atoms with E-state index in [-0.39, 0.29) is 22.3 Å². The van der Waals surface area contributed by atoms with Crippen LogP contribution in [0.1, 0.15) is 22.8 Å². The summed E-state index contributed by atoms with van der Waals surface area (Å²) in [6, 6.07) is 17.9. The average molecular weight is 535 g/mol. The fourth-order valence-corrected chi connectivity index (χ4v) is 5.07. The summed E-state index contributed by atoms with van der Waals surface area (Å²) in [5, 5.41) is 0. The maximum Gasteiger partial charge on any atom is 0.134 e. The number of halogens is 4. The minimum Gasteiger partial charge on any atom is -0.355 e. The molecule has 2 aliphatic heterocycles. The van der Waals surface area contributed by atoms with Crippen molar-refractivity contribution in [3.8, 4) is 22.3 Å². The van der Waals surface area contributed by atoms with Crippen LogP contribution in [0.25, 0.3) is 68.6 Å². The van der Waals surface area contributed by atoms with Gasteiger partial charge in [-0.05, 0) is 85.0 Å². The molecule has 8 heteroatoms. The molecular weight excluding hydrogens is 516 g/mol. The van der Waals surface area contributed by atoms with Gasteiger partial charge in [-0.2, -0.15) is 0 Å². The SMILES string of the molecule is Fc1cccc(F)c1-c1c2nc(cc3ccc([nH]3)c(-c3c(F)cccc3F)c3nc(cc4ccc1[nH]4)C=C3)C=C2. The number of hydrogen-bond donors (Lipinski definition) is 2. The molecular formula is C32H18F4N4. The number of nitrogens with one attached hydrogen (secondary N) is 2. The van der Waals surface area contributed by atoms with E-state index in [2.05, 4.69) is 19.9 Å². The van der Waals surface area contributed by atoms with E-state index < -0.39 is 23.3 Å². The highest BCUT2D eigenvalue weighted by Gasteiger charge is 2.20. The van der Waals surface area contributed by atoms with E-state index in [0.29, 0.717) is 44.8 Å². The lowest BCUT2D eigenvalue weighted by molar-refractivity contribution is 0.589. The van der Waals surface area contributed by atoms with Gasteiger partial charge in [0.1, 0.15) is 23.3 Å². The Balaban J connectivity index is 1.60. The smallest absolute Gasteiger partial charge is 0.134 e. The van der Waals surface area contributed by atoms with Crippen molar-refractivity contribution in [3.05, 3.63) is 119 Å². The zero-order valence-electron chi connectivity index (χ0n) is 20.6. The van der Waals surface area contributed by atoms with Gasteiger partial charge >= 0.3 is 0 Å². The number of hydrogen-bond acceptors (Lipinski definition) is 2. The maximum atomic E-state index is 15.0. The molecule has 0 aliphatic carbocycles. The minimum atomic E-state index is -0.710. The third-order valence-corrected chi connectivity index (χ3v) is 6.82. The minimum absolute atomic E-state index is 0.191. The normalized spacial score (nSPS) is 12.3. The fraction of sp³-hybridized carbons (Fsp3) is 0. The van der Waals surface area contributed by atoms with E-state index in [1.54, 1.807) is 60.7 Å². The first kappa shape index (κ1) is 23.8. The number of H-pyrrole nitrogens is 2. The van der Waals surface area contributed by atoms with Crippen molar-refractivity contribution in [2.24, 2.45) is 0 Å². The molecule has 0 spiro atoms. The topological polar surface area (TPSA) is 57.4 Å². The van der Waals surface area contributed by atoms with E-state index in [1.165, 1.54) is 36.4 Å². The predicted octanol–water partition coefficient (Wildman–Crippen LogP) is 8.55. The lowest BCUT2D eigenvalue weighted by Gasteiger charge is -2.07. The van der Waals surface area contributed by atoms with E-state index in [9.17, 15) is 17.6 Å². The van der Waals surface area contributed by atoms with Crippen molar-refractivity contribution in [1.82, 2.24) is 19.9 Å². The van der Waals surface area contributed by atoms with E-state index in [4.69, 9.17) is 0 Å². The van der Waals surface area contributed by atoms with Crippen molar-refractivity contribution in [3.63, 3.8) is 0 Å². The van der Waals surface area contributed by atoms with E-state index in [0.717, 1.165) is 0 Å². The first-order valence-corrected chi connectivity index (χ1v) is 12.4. The van der Waals surface area contributed by atoms with Crippen LogP contribution in [0.4, 0.5) is 17.6 Å². The molecule has 2 aliphatic rings. The second kappa shape index (κ2) is 9.20. The van der Waals surface area contributed by atoms with E-state index in [1.807, 2.05) is 0 Å². The Bertz CT molecular complexity index is 1880. The average Bonchev–Trinajstić information content (AvgIpc) is 3.73. The van der Waals surface area contributed by atoms with Gasteiger partial charge in [0.25, 0.3) is 0 Å². The molecule has 40 heavy (non-hydrogen) atoms. The monoisotopic (exact) mass is 534 g/mol. The summed E-state index contributed by atoms with van der Waals surface area (Å²) in [4.78, 5) is 15.7. The van der Waals surface area contributed by atoms with Crippen molar-refractivity contribution in [2.45, 2.75) is 0 Å². The van der Waals surface area contributed by atoms with Crippen molar-refractivity contribution in [1.29, 1.82) is 0 Å². The highest BCUT2D eigenvalue weighted by molar-refractivity contribution is 5.93. The molecule has 3 aromatic heterocycles. The van der Waals surface area contributed by atoms with Gasteiger partial charge in [-0.15, -0.1) is 0 Å². The van der Waals surface area contributed by atoms with Gasteiger partial charge in [-0.3, -0.25) is 0 Å². The Hall–Kier alpha value is -5.24. The second-order valence-electron chi connectivity index (χ2n) is 9.40. The molecule has 0 saturated carbocycles. The molecule has 194 valence electrons. The molecule has 2 aromatic carbocycles. The summed E-state index contributed by atoms with van der Waals surface area (Å²) in [6.45, 7) is 0. The maximum absolute atomic E-state index is 15.0. The Morgan fingerprint density at radius 2 is 0.850 bits per heavy atom. The van der Waals surface area contributed by atoms with Crippen molar-refractivity contribution >= 4 is 46.4 Å². The van der Waals surface area contributed by atoms with Crippen LogP contribution in [0.5, 0.6) is 0 Å². The van der Waals surface area contributed by atoms with Crippen LogP contribution >= 0.6 is 0 Å². The van der Waals surface area contributed by atoms with Gasteiger partial charge in [-0.25, -0.2) is 27.5 Å². The number of fused-ring (bicyclic) bond motifs is 8. The Morgan fingerprint density at radius 3 is 1.25 bits per heavy atom.